The molecule has 3 rings (SSSR count). The van der Waals surface area contributed by atoms with Crippen molar-refractivity contribution in [3.8, 4) is 0 Å². The second-order valence-electron chi connectivity index (χ2n) is 7.35. The molecule has 2 aromatic carbocycles. The third kappa shape index (κ3) is 5.45. The molecule has 2 aromatic rings. The van der Waals surface area contributed by atoms with E-state index >= 15 is 0 Å². The fourth-order valence-corrected chi connectivity index (χ4v) is 4.55. The zero-order valence-corrected chi connectivity index (χ0v) is 18.8. The van der Waals surface area contributed by atoms with E-state index in [4.69, 9.17) is 11.6 Å². The Kier molecular flexibility index (Phi) is 6.71. The Morgan fingerprint density at radius 1 is 1.16 bits per heavy atom. The third-order valence-electron chi connectivity index (χ3n) is 5.16. The van der Waals surface area contributed by atoms with Gasteiger partial charge in [0.15, 0.2) is 0 Å². The van der Waals surface area contributed by atoms with Gasteiger partial charge in [-0.25, -0.2) is 8.42 Å². The normalized spacial score (nSPS) is 14.4. The molecule has 0 bridgehead atoms. The highest BCUT2D eigenvalue weighted by atomic mass is 35.5. The van der Waals surface area contributed by atoms with Crippen LogP contribution < -0.4 is 9.21 Å². The van der Waals surface area contributed by atoms with E-state index < -0.39 is 21.5 Å². The number of hydrogen-bond donors (Lipinski definition) is 0. The first-order valence-corrected chi connectivity index (χ1v) is 11.8. The minimum Gasteiger partial charge on any atom is -0.368 e. The summed E-state index contributed by atoms with van der Waals surface area (Å²) in [5.41, 5.74) is 1.37. The number of non-ortho nitro benzene ring substituents is 1. The maximum Gasteiger partial charge on any atom is 0.271 e. The van der Waals surface area contributed by atoms with E-state index in [-0.39, 0.29) is 17.3 Å². The van der Waals surface area contributed by atoms with Crippen molar-refractivity contribution in [2.45, 2.75) is 6.92 Å². The van der Waals surface area contributed by atoms with Crippen LogP contribution in [0.25, 0.3) is 0 Å². The number of amides is 1. The molecule has 31 heavy (non-hydrogen) atoms. The summed E-state index contributed by atoms with van der Waals surface area (Å²) < 4.78 is 25.8. The topological polar surface area (TPSA) is 104 Å². The monoisotopic (exact) mass is 466 g/mol. The molecule has 0 aliphatic carbocycles. The highest BCUT2D eigenvalue weighted by Gasteiger charge is 2.28. The van der Waals surface area contributed by atoms with Gasteiger partial charge in [-0.3, -0.25) is 19.2 Å². The van der Waals surface area contributed by atoms with Crippen LogP contribution >= 0.6 is 11.6 Å². The molecule has 1 amide bonds. The number of rotatable bonds is 6. The van der Waals surface area contributed by atoms with Crippen LogP contribution in [0.3, 0.4) is 0 Å². The predicted octanol–water partition coefficient (Wildman–Crippen LogP) is 2.67. The fourth-order valence-electron chi connectivity index (χ4n) is 3.47. The average Bonchev–Trinajstić information content (AvgIpc) is 2.71. The van der Waals surface area contributed by atoms with Crippen LogP contribution in [0.4, 0.5) is 17.1 Å². The molecule has 0 N–H and O–H groups in total. The van der Waals surface area contributed by atoms with Gasteiger partial charge in [0.05, 0.1) is 16.9 Å². The Labute approximate surface area is 186 Å². The quantitative estimate of drug-likeness (QED) is 0.479. The van der Waals surface area contributed by atoms with Gasteiger partial charge < -0.3 is 9.80 Å². The Morgan fingerprint density at radius 2 is 1.84 bits per heavy atom. The van der Waals surface area contributed by atoms with Crippen LogP contribution in [-0.2, 0) is 14.8 Å². The molecule has 166 valence electrons. The second kappa shape index (κ2) is 9.11. The molecule has 0 atom stereocenters. The lowest BCUT2D eigenvalue weighted by atomic mass is 10.2. The number of anilines is 2. The number of nitro benzene ring substituents is 1. The van der Waals surface area contributed by atoms with Crippen LogP contribution in [0.1, 0.15) is 5.56 Å². The second-order valence-corrected chi connectivity index (χ2v) is 9.69. The Bertz CT molecular complexity index is 1100. The summed E-state index contributed by atoms with van der Waals surface area (Å²) in [6, 6.07) is 11.4. The number of nitro groups is 1. The van der Waals surface area contributed by atoms with E-state index in [0.29, 0.717) is 36.8 Å². The molecule has 0 radical (unpaired) electrons. The standard InChI is InChI=1S/C20H23ClN4O5S/c1-15-6-7-18(25(27)28)13-19(15)24(31(2,29)30)14-20(26)23-10-8-22(9-11-23)17-5-3-4-16(21)12-17/h3-7,12-13H,8-11,14H2,1-2H3. The molecule has 9 nitrogen and oxygen atoms in total. The molecule has 1 aliphatic heterocycles. The van der Waals surface area contributed by atoms with Crippen molar-refractivity contribution in [2.24, 2.45) is 0 Å². The van der Waals surface area contributed by atoms with Crippen molar-refractivity contribution in [2.75, 3.05) is 48.2 Å². The molecular formula is C20H23ClN4O5S. The van der Waals surface area contributed by atoms with Crippen LogP contribution in [0.2, 0.25) is 5.02 Å². The Morgan fingerprint density at radius 3 is 2.42 bits per heavy atom. The number of benzene rings is 2. The van der Waals surface area contributed by atoms with Gasteiger partial charge in [0.1, 0.15) is 6.54 Å². The number of carbonyl (C=O) groups excluding carboxylic acids is 1. The van der Waals surface area contributed by atoms with E-state index in [1.807, 2.05) is 18.2 Å². The molecule has 1 aliphatic rings. The van der Waals surface area contributed by atoms with Crippen molar-refractivity contribution >= 4 is 44.6 Å². The van der Waals surface area contributed by atoms with Gasteiger partial charge in [-0.1, -0.05) is 23.7 Å². The summed E-state index contributed by atoms with van der Waals surface area (Å²) in [6.45, 7) is 3.25. The number of nitrogens with zero attached hydrogens (tertiary/aromatic N) is 4. The molecule has 0 spiro atoms. The summed E-state index contributed by atoms with van der Waals surface area (Å²) in [7, 11) is -3.84. The third-order valence-corrected chi connectivity index (χ3v) is 6.52. The van der Waals surface area contributed by atoms with E-state index in [9.17, 15) is 23.3 Å². The number of piperazine rings is 1. The lowest BCUT2D eigenvalue weighted by Crippen LogP contribution is -2.52. The maximum atomic E-state index is 12.9. The van der Waals surface area contributed by atoms with Gasteiger partial charge in [0.2, 0.25) is 15.9 Å². The first-order chi connectivity index (χ1) is 14.6. The molecule has 0 aromatic heterocycles. The smallest absolute Gasteiger partial charge is 0.271 e. The number of halogens is 1. The van der Waals surface area contributed by atoms with Crippen molar-refractivity contribution in [3.63, 3.8) is 0 Å². The lowest BCUT2D eigenvalue weighted by Gasteiger charge is -2.37. The maximum absolute atomic E-state index is 12.9. The van der Waals surface area contributed by atoms with Gasteiger partial charge in [-0.2, -0.15) is 0 Å². The van der Waals surface area contributed by atoms with Crippen molar-refractivity contribution in [1.29, 1.82) is 0 Å². The van der Waals surface area contributed by atoms with Crippen LogP contribution in [-0.4, -0.2) is 63.1 Å². The van der Waals surface area contributed by atoms with Gasteiger partial charge in [0, 0.05) is 49.0 Å². The van der Waals surface area contributed by atoms with Gasteiger partial charge in [0.25, 0.3) is 5.69 Å². The molecule has 11 heteroatoms. The minimum atomic E-state index is -3.84. The minimum absolute atomic E-state index is 0.127. The Hall–Kier alpha value is -2.85. The predicted molar refractivity (Wildman–Crippen MR) is 120 cm³/mol. The first kappa shape index (κ1) is 22.8. The molecule has 1 heterocycles. The van der Waals surface area contributed by atoms with Gasteiger partial charge in [-0.05, 0) is 30.7 Å². The zero-order chi connectivity index (χ0) is 22.8. The molecule has 0 saturated carbocycles. The summed E-state index contributed by atoms with van der Waals surface area (Å²) in [4.78, 5) is 27.1. The fraction of sp³-hybridized carbons (Fsp3) is 0.350. The van der Waals surface area contributed by atoms with E-state index in [1.165, 1.54) is 18.2 Å². The SMILES string of the molecule is Cc1ccc([N+](=O)[O-])cc1N(CC(=O)N1CCN(c2cccc(Cl)c2)CC1)S(C)(=O)=O. The van der Waals surface area contributed by atoms with Crippen LogP contribution in [0.15, 0.2) is 42.5 Å². The Balaban J connectivity index is 1.74. The van der Waals surface area contributed by atoms with Crippen molar-refractivity contribution in [1.82, 2.24) is 4.90 Å². The van der Waals surface area contributed by atoms with Crippen LogP contribution in [0, 0.1) is 17.0 Å². The summed E-state index contributed by atoms with van der Waals surface area (Å²) in [5, 5.41) is 11.8. The number of carbonyl (C=O) groups is 1. The lowest BCUT2D eigenvalue weighted by molar-refractivity contribution is -0.384. The van der Waals surface area contributed by atoms with Crippen LogP contribution in [0.5, 0.6) is 0 Å². The summed E-state index contributed by atoms with van der Waals surface area (Å²) >= 11 is 6.05. The highest BCUT2D eigenvalue weighted by Crippen LogP contribution is 2.28. The van der Waals surface area contributed by atoms with Crippen molar-refractivity contribution in [3.05, 3.63) is 63.2 Å². The van der Waals surface area contributed by atoms with Gasteiger partial charge in [-0.15, -0.1) is 0 Å². The number of aryl methyl sites for hydroxylation is 1. The molecular weight excluding hydrogens is 444 g/mol. The summed E-state index contributed by atoms with van der Waals surface area (Å²) in [5.74, 6) is -0.359. The van der Waals surface area contributed by atoms with E-state index in [1.54, 1.807) is 17.9 Å². The molecule has 1 saturated heterocycles. The largest absolute Gasteiger partial charge is 0.368 e. The highest BCUT2D eigenvalue weighted by molar-refractivity contribution is 7.92. The number of hydrogen-bond acceptors (Lipinski definition) is 6. The van der Waals surface area contributed by atoms with E-state index in [2.05, 4.69) is 4.90 Å². The molecule has 0 unspecified atom stereocenters. The average molecular weight is 467 g/mol. The first-order valence-electron chi connectivity index (χ1n) is 9.57. The van der Waals surface area contributed by atoms with E-state index in [0.717, 1.165) is 16.2 Å². The van der Waals surface area contributed by atoms with Gasteiger partial charge >= 0.3 is 0 Å². The summed E-state index contributed by atoms with van der Waals surface area (Å²) in [6.07, 6.45) is 0.982. The molecule has 1 fully saturated rings. The number of sulfonamides is 1. The zero-order valence-electron chi connectivity index (χ0n) is 17.2. The van der Waals surface area contributed by atoms with Crippen molar-refractivity contribution < 1.29 is 18.1 Å².